The molecule has 2 saturated heterocycles. The average Bonchev–Trinajstić information content (AvgIpc) is 2.94. The Balaban J connectivity index is 1.63. The molecule has 0 amide bonds. The van der Waals surface area contributed by atoms with Crippen LogP contribution in [0, 0.1) is 0 Å². The van der Waals surface area contributed by atoms with Crippen LogP contribution in [0.25, 0.3) is 0 Å². The van der Waals surface area contributed by atoms with Gasteiger partial charge >= 0.3 is 0 Å². The van der Waals surface area contributed by atoms with Gasteiger partial charge in [0.1, 0.15) is 0 Å². The first-order chi connectivity index (χ1) is 8.43. The van der Waals surface area contributed by atoms with Crippen LogP contribution in [0.5, 0.6) is 0 Å². The number of nitrogens with zero attached hydrogens (tertiary/aromatic N) is 2. The van der Waals surface area contributed by atoms with Crippen LogP contribution in [0.1, 0.15) is 36.6 Å². The molecule has 0 aliphatic carbocycles. The summed E-state index contributed by atoms with van der Waals surface area (Å²) in [7, 11) is 0. The Kier molecular flexibility index (Phi) is 3.74. The van der Waals surface area contributed by atoms with Crippen LogP contribution in [0.3, 0.4) is 0 Å². The van der Waals surface area contributed by atoms with Gasteiger partial charge < -0.3 is 4.74 Å². The first kappa shape index (κ1) is 11.6. The third-order valence-electron chi connectivity index (χ3n) is 3.96. The highest BCUT2D eigenvalue weighted by atomic mass is 32.1. The van der Waals surface area contributed by atoms with Gasteiger partial charge in [-0.1, -0.05) is 0 Å². The van der Waals surface area contributed by atoms with Crippen molar-refractivity contribution in [1.82, 2.24) is 9.88 Å². The van der Waals surface area contributed by atoms with E-state index in [-0.39, 0.29) is 0 Å². The molecule has 0 bridgehead atoms. The quantitative estimate of drug-likeness (QED) is 0.808. The van der Waals surface area contributed by atoms with E-state index < -0.39 is 0 Å². The summed E-state index contributed by atoms with van der Waals surface area (Å²) in [5.74, 6) is 0.673. The molecule has 2 aliphatic rings. The number of hydrogen-bond donors (Lipinski definition) is 0. The van der Waals surface area contributed by atoms with E-state index in [2.05, 4.69) is 15.3 Å². The van der Waals surface area contributed by atoms with Gasteiger partial charge in [-0.25, -0.2) is 4.98 Å². The molecule has 0 radical (unpaired) electrons. The molecule has 3 nitrogen and oxygen atoms in total. The van der Waals surface area contributed by atoms with Gasteiger partial charge in [0, 0.05) is 43.3 Å². The van der Waals surface area contributed by atoms with E-state index in [0.717, 1.165) is 19.3 Å². The van der Waals surface area contributed by atoms with Gasteiger partial charge in [-0.2, -0.15) is 0 Å². The Morgan fingerprint density at radius 1 is 1.29 bits per heavy atom. The van der Waals surface area contributed by atoms with Crippen molar-refractivity contribution in [3.05, 3.63) is 16.6 Å². The molecule has 2 aliphatic heterocycles. The third kappa shape index (κ3) is 2.69. The highest BCUT2D eigenvalue weighted by Crippen LogP contribution is 2.30. The van der Waals surface area contributed by atoms with E-state index in [9.17, 15) is 0 Å². The summed E-state index contributed by atoms with van der Waals surface area (Å²) in [4.78, 5) is 7.17. The maximum Gasteiger partial charge on any atom is 0.0968 e. The fourth-order valence-electron chi connectivity index (χ4n) is 3.03. The Hall–Kier alpha value is -0.450. The minimum Gasteiger partial charge on any atom is -0.381 e. The van der Waals surface area contributed by atoms with Crippen molar-refractivity contribution in [1.29, 1.82) is 0 Å². The molecule has 94 valence electrons. The van der Waals surface area contributed by atoms with E-state index >= 15 is 0 Å². The maximum absolute atomic E-state index is 5.45. The SMILES string of the molecule is c1csc([C@H]2CCCN(C3CCOCC3)C2)n1. The van der Waals surface area contributed by atoms with Crippen LogP contribution in [0.4, 0.5) is 0 Å². The standard InChI is InChI=1S/C13H20N2OS/c1-2-11(13-14-5-9-17-13)10-15(6-1)12-3-7-16-8-4-12/h5,9,11-12H,1-4,6-8,10H2/t11-/m0/s1. The van der Waals surface area contributed by atoms with Crippen LogP contribution in [0.15, 0.2) is 11.6 Å². The third-order valence-corrected chi connectivity index (χ3v) is 4.90. The minimum atomic E-state index is 0.673. The summed E-state index contributed by atoms with van der Waals surface area (Å²) in [5.41, 5.74) is 0. The lowest BCUT2D eigenvalue weighted by atomic mass is 9.95. The largest absolute Gasteiger partial charge is 0.381 e. The van der Waals surface area contributed by atoms with E-state index in [1.807, 2.05) is 17.5 Å². The lowest BCUT2D eigenvalue weighted by molar-refractivity contribution is 0.0240. The van der Waals surface area contributed by atoms with Crippen LogP contribution < -0.4 is 0 Å². The van der Waals surface area contributed by atoms with Crippen molar-refractivity contribution in [3.8, 4) is 0 Å². The smallest absolute Gasteiger partial charge is 0.0968 e. The Morgan fingerprint density at radius 3 is 2.94 bits per heavy atom. The summed E-state index contributed by atoms with van der Waals surface area (Å²) in [6.07, 6.45) is 7.00. The van der Waals surface area contributed by atoms with Crippen molar-refractivity contribution in [2.24, 2.45) is 0 Å². The molecule has 17 heavy (non-hydrogen) atoms. The molecule has 0 N–H and O–H groups in total. The average molecular weight is 252 g/mol. The molecule has 1 aromatic heterocycles. The molecule has 1 atom stereocenters. The molecule has 2 fully saturated rings. The topological polar surface area (TPSA) is 25.4 Å². The minimum absolute atomic E-state index is 0.673. The number of hydrogen-bond acceptors (Lipinski definition) is 4. The molecule has 0 spiro atoms. The first-order valence-electron chi connectivity index (χ1n) is 6.64. The molecule has 4 heteroatoms. The summed E-state index contributed by atoms with van der Waals surface area (Å²) in [6, 6.07) is 0.756. The Morgan fingerprint density at radius 2 is 2.18 bits per heavy atom. The van der Waals surface area contributed by atoms with Gasteiger partial charge in [0.05, 0.1) is 5.01 Å². The summed E-state index contributed by atoms with van der Waals surface area (Å²) >= 11 is 1.82. The van der Waals surface area contributed by atoms with E-state index in [1.165, 1.54) is 43.8 Å². The summed E-state index contributed by atoms with van der Waals surface area (Å²) in [5, 5.41) is 3.43. The number of thiazole rings is 1. The van der Waals surface area contributed by atoms with Crippen molar-refractivity contribution in [2.75, 3.05) is 26.3 Å². The fraction of sp³-hybridized carbons (Fsp3) is 0.769. The van der Waals surface area contributed by atoms with E-state index in [4.69, 9.17) is 4.74 Å². The zero-order valence-electron chi connectivity index (χ0n) is 10.2. The molecule has 0 saturated carbocycles. The number of ether oxygens (including phenoxy) is 1. The van der Waals surface area contributed by atoms with Crippen molar-refractivity contribution < 1.29 is 4.74 Å². The molecule has 3 heterocycles. The lowest BCUT2D eigenvalue weighted by Crippen LogP contribution is -2.44. The number of rotatable bonds is 2. The van der Waals surface area contributed by atoms with Gasteiger partial charge in [-0.05, 0) is 32.2 Å². The zero-order chi connectivity index (χ0) is 11.5. The molecule has 0 unspecified atom stereocenters. The van der Waals surface area contributed by atoms with E-state index in [1.54, 1.807) is 0 Å². The zero-order valence-corrected chi connectivity index (χ0v) is 11.0. The van der Waals surface area contributed by atoms with Gasteiger partial charge in [0.2, 0.25) is 0 Å². The van der Waals surface area contributed by atoms with Crippen molar-refractivity contribution in [3.63, 3.8) is 0 Å². The number of piperidine rings is 1. The number of likely N-dealkylation sites (tertiary alicyclic amines) is 1. The number of aromatic nitrogens is 1. The summed E-state index contributed by atoms with van der Waals surface area (Å²) in [6.45, 7) is 4.37. The van der Waals surface area contributed by atoms with Gasteiger partial charge in [-0.3, -0.25) is 4.90 Å². The van der Waals surface area contributed by atoms with Gasteiger partial charge in [0.25, 0.3) is 0 Å². The predicted octanol–water partition coefficient (Wildman–Crippen LogP) is 2.50. The van der Waals surface area contributed by atoms with E-state index in [0.29, 0.717) is 5.92 Å². The summed E-state index contributed by atoms with van der Waals surface area (Å²) < 4.78 is 5.45. The lowest BCUT2D eigenvalue weighted by Gasteiger charge is -2.39. The first-order valence-corrected chi connectivity index (χ1v) is 7.52. The molecule has 3 rings (SSSR count). The highest BCUT2D eigenvalue weighted by Gasteiger charge is 2.28. The van der Waals surface area contributed by atoms with Crippen LogP contribution in [0.2, 0.25) is 0 Å². The second kappa shape index (κ2) is 5.46. The monoisotopic (exact) mass is 252 g/mol. The van der Waals surface area contributed by atoms with Gasteiger partial charge in [0.15, 0.2) is 0 Å². The van der Waals surface area contributed by atoms with Crippen LogP contribution in [-0.4, -0.2) is 42.2 Å². The normalized spacial score (nSPS) is 28.4. The molecular formula is C13H20N2OS. The second-order valence-electron chi connectivity index (χ2n) is 5.05. The molecular weight excluding hydrogens is 232 g/mol. The highest BCUT2D eigenvalue weighted by molar-refractivity contribution is 7.09. The Labute approximate surface area is 107 Å². The van der Waals surface area contributed by atoms with Crippen molar-refractivity contribution in [2.45, 2.75) is 37.6 Å². The maximum atomic E-state index is 5.45. The predicted molar refractivity (Wildman–Crippen MR) is 69.5 cm³/mol. The second-order valence-corrected chi connectivity index (χ2v) is 5.97. The Bertz CT molecular complexity index is 335. The van der Waals surface area contributed by atoms with Crippen LogP contribution in [-0.2, 0) is 4.74 Å². The van der Waals surface area contributed by atoms with Crippen LogP contribution >= 0.6 is 11.3 Å². The fourth-order valence-corrected chi connectivity index (χ4v) is 3.79. The van der Waals surface area contributed by atoms with Crippen molar-refractivity contribution >= 4 is 11.3 Å². The molecule has 0 aromatic carbocycles. The molecule has 1 aromatic rings. The van der Waals surface area contributed by atoms with Gasteiger partial charge in [-0.15, -0.1) is 11.3 Å².